The van der Waals surface area contributed by atoms with E-state index in [9.17, 15) is 18.3 Å². The van der Waals surface area contributed by atoms with Crippen LogP contribution in [0.4, 0.5) is 18.9 Å². The van der Waals surface area contributed by atoms with Gasteiger partial charge in [0.05, 0.1) is 18.7 Å². The van der Waals surface area contributed by atoms with Gasteiger partial charge in [-0.1, -0.05) is 6.07 Å². The first kappa shape index (κ1) is 18.4. The third kappa shape index (κ3) is 4.84. The fraction of sp³-hybridized carbons (Fsp3) is 0.333. The van der Waals surface area contributed by atoms with Crippen LogP contribution >= 0.6 is 0 Å². The van der Waals surface area contributed by atoms with Gasteiger partial charge in [-0.3, -0.25) is 0 Å². The molecule has 0 fully saturated rings. The number of rotatable bonds is 3. The summed E-state index contributed by atoms with van der Waals surface area (Å²) in [6.45, 7) is 6.80. The van der Waals surface area contributed by atoms with Crippen LogP contribution in [-0.2, 0) is 17.1 Å². The van der Waals surface area contributed by atoms with Gasteiger partial charge in [0.2, 0.25) is 0 Å². The Morgan fingerprint density at radius 3 is 2.35 bits per heavy atom. The fourth-order valence-electron chi connectivity index (χ4n) is 1.44. The van der Waals surface area contributed by atoms with Crippen LogP contribution in [0.2, 0.25) is 0 Å². The molecule has 8 heteroatoms. The van der Waals surface area contributed by atoms with Crippen LogP contribution in [0.1, 0.15) is 23.7 Å². The van der Waals surface area contributed by atoms with Gasteiger partial charge < -0.3 is 10.2 Å². The summed E-state index contributed by atoms with van der Waals surface area (Å²) in [5, 5.41) is 27.2. The molecule has 2 N–H and O–H groups in total. The predicted molar refractivity (Wildman–Crippen MR) is 59.1 cm³/mol. The molecule has 0 amide bonds. The van der Waals surface area contributed by atoms with Crippen LogP contribution in [-0.4, -0.2) is 22.5 Å². The number of hydrogen-bond donors (Lipinski definition) is 2. The SMILES string of the molecule is [C-]#[N+]c1cc(C#N)cc(C(O)CC(O)C(F)(F)F)c1.[Cu]. The fourth-order valence-corrected chi connectivity index (χ4v) is 1.44. The number of aliphatic hydroxyl groups is 2. The molecule has 0 saturated heterocycles. The van der Waals surface area contributed by atoms with E-state index in [1.807, 2.05) is 0 Å². The molecule has 111 valence electrons. The van der Waals surface area contributed by atoms with Crippen molar-refractivity contribution in [2.45, 2.75) is 24.8 Å². The van der Waals surface area contributed by atoms with E-state index in [4.69, 9.17) is 16.9 Å². The van der Waals surface area contributed by atoms with Crippen molar-refractivity contribution in [1.29, 1.82) is 5.26 Å². The van der Waals surface area contributed by atoms with E-state index in [0.717, 1.165) is 0 Å². The second kappa shape index (κ2) is 7.28. The summed E-state index contributed by atoms with van der Waals surface area (Å²) in [5.41, 5.74) is 0.0898. The summed E-state index contributed by atoms with van der Waals surface area (Å²) in [6.07, 6.45) is -10.0. The van der Waals surface area contributed by atoms with Gasteiger partial charge in [0.25, 0.3) is 0 Å². The quantitative estimate of drug-likeness (QED) is 0.659. The number of benzene rings is 1. The van der Waals surface area contributed by atoms with Gasteiger partial charge in [0.15, 0.2) is 11.8 Å². The van der Waals surface area contributed by atoms with Crippen LogP contribution in [0, 0.1) is 17.9 Å². The average Bonchev–Trinajstić information content (AvgIpc) is 2.36. The zero-order valence-electron chi connectivity index (χ0n) is 9.82. The monoisotopic (exact) mass is 333 g/mol. The molecular weight excluding hydrogens is 325 g/mol. The second-order valence-electron chi connectivity index (χ2n) is 3.85. The molecule has 0 aliphatic carbocycles. The maximum atomic E-state index is 12.2. The molecule has 1 radical (unpaired) electrons. The largest absolute Gasteiger partial charge is 0.414 e. The first-order chi connectivity index (χ1) is 8.77. The molecular formula is C12H9CuF3N2O2. The number of nitrogens with zero attached hydrogens (tertiary/aromatic N) is 2. The van der Waals surface area contributed by atoms with Crippen molar-refractivity contribution in [3.63, 3.8) is 0 Å². The standard InChI is InChI=1S/C12H9F3N2O2.Cu/c1-17-9-3-7(6-16)2-8(4-9)10(18)5-11(19)12(13,14)15;/h2-4,10-11,18-19H,5H2;. The summed E-state index contributed by atoms with van der Waals surface area (Å²) in [4.78, 5) is 3.05. The Morgan fingerprint density at radius 2 is 1.90 bits per heavy atom. The van der Waals surface area contributed by atoms with Crippen molar-refractivity contribution in [1.82, 2.24) is 0 Å². The third-order valence-electron chi connectivity index (χ3n) is 2.41. The van der Waals surface area contributed by atoms with Gasteiger partial charge in [-0.05, 0) is 17.7 Å². The first-order valence-electron chi connectivity index (χ1n) is 5.13. The van der Waals surface area contributed by atoms with Gasteiger partial charge in [-0.15, -0.1) is 0 Å². The predicted octanol–water partition coefficient (Wildman–Crippen LogP) is 2.45. The smallest absolute Gasteiger partial charge is 0.388 e. The minimum atomic E-state index is -4.82. The van der Waals surface area contributed by atoms with Crippen LogP contribution in [0.5, 0.6) is 0 Å². The summed E-state index contributed by atoms with van der Waals surface area (Å²) >= 11 is 0. The summed E-state index contributed by atoms with van der Waals surface area (Å²) < 4.78 is 36.5. The van der Waals surface area contributed by atoms with Gasteiger partial charge in [0.1, 0.15) is 0 Å². The van der Waals surface area contributed by atoms with Gasteiger partial charge >= 0.3 is 6.18 Å². The zero-order chi connectivity index (χ0) is 14.6. The van der Waals surface area contributed by atoms with E-state index in [-0.39, 0.29) is 33.9 Å². The topological polar surface area (TPSA) is 68.6 Å². The second-order valence-corrected chi connectivity index (χ2v) is 3.85. The van der Waals surface area contributed by atoms with Gasteiger partial charge in [0, 0.05) is 29.1 Å². The maximum absolute atomic E-state index is 12.2. The Morgan fingerprint density at radius 1 is 1.30 bits per heavy atom. The molecule has 2 atom stereocenters. The summed E-state index contributed by atoms with van der Waals surface area (Å²) in [5.74, 6) is 0. The molecule has 20 heavy (non-hydrogen) atoms. The zero-order valence-corrected chi connectivity index (χ0v) is 10.8. The Bertz CT molecular complexity index is 517. The molecule has 0 spiro atoms. The van der Waals surface area contributed by atoms with Crippen LogP contribution in [0.25, 0.3) is 4.85 Å². The molecule has 0 heterocycles. The molecule has 0 aliphatic heterocycles. The van der Waals surface area contributed by atoms with Crippen molar-refractivity contribution in [2.24, 2.45) is 0 Å². The molecule has 0 saturated carbocycles. The van der Waals surface area contributed by atoms with Crippen molar-refractivity contribution < 1.29 is 40.5 Å². The minimum absolute atomic E-state index is 0. The van der Waals surface area contributed by atoms with Crippen molar-refractivity contribution in [3.05, 3.63) is 40.7 Å². The molecule has 0 aromatic heterocycles. The number of nitriles is 1. The number of alkyl halides is 3. The Hall–Kier alpha value is -1.57. The van der Waals surface area contributed by atoms with E-state index < -0.39 is 24.8 Å². The maximum Gasteiger partial charge on any atom is 0.414 e. The van der Waals surface area contributed by atoms with E-state index in [0.29, 0.717) is 0 Å². The number of aliphatic hydroxyl groups excluding tert-OH is 2. The van der Waals surface area contributed by atoms with Gasteiger partial charge in [-0.2, -0.15) is 18.4 Å². The van der Waals surface area contributed by atoms with E-state index in [2.05, 4.69) is 4.85 Å². The van der Waals surface area contributed by atoms with Gasteiger partial charge in [-0.25, -0.2) is 4.85 Å². The molecule has 0 bridgehead atoms. The molecule has 1 rings (SSSR count). The third-order valence-corrected chi connectivity index (χ3v) is 2.41. The van der Waals surface area contributed by atoms with E-state index in [1.165, 1.54) is 18.2 Å². The molecule has 1 aromatic carbocycles. The molecule has 1 aromatic rings. The normalized spacial score (nSPS) is 13.6. The summed E-state index contributed by atoms with van der Waals surface area (Å²) in [6, 6.07) is 5.36. The molecule has 2 unspecified atom stereocenters. The average molecular weight is 334 g/mol. The Balaban J connectivity index is 0.00000361. The number of hydrogen-bond acceptors (Lipinski definition) is 3. The Kier molecular flexibility index (Phi) is 6.70. The van der Waals surface area contributed by atoms with E-state index >= 15 is 0 Å². The molecule has 4 nitrogen and oxygen atoms in total. The number of halogens is 3. The minimum Gasteiger partial charge on any atom is -0.388 e. The van der Waals surface area contributed by atoms with Crippen LogP contribution in [0.15, 0.2) is 18.2 Å². The Labute approximate surface area is 123 Å². The first-order valence-corrected chi connectivity index (χ1v) is 5.13. The van der Waals surface area contributed by atoms with Crippen LogP contribution < -0.4 is 0 Å². The van der Waals surface area contributed by atoms with E-state index in [1.54, 1.807) is 6.07 Å². The van der Waals surface area contributed by atoms with Crippen molar-refractivity contribution in [3.8, 4) is 6.07 Å². The van der Waals surface area contributed by atoms with Crippen molar-refractivity contribution in [2.75, 3.05) is 0 Å². The van der Waals surface area contributed by atoms with Crippen molar-refractivity contribution >= 4 is 5.69 Å². The summed E-state index contributed by atoms with van der Waals surface area (Å²) in [7, 11) is 0. The molecule has 0 aliphatic rings. The van der Waals surface area contributed by atoms with Crippen LogP contribution in [0.3, 0.4) is 0 Å².